The van der Waals surface area contributed by atoms with Crippen LogP contribution in [0.4, 0.5) is 4.39 Å². The summed E-state index contributed by atoms with van der Waals surface area (Å²) in [6.45, 7) is 1.61. The highest BCUT2D eigenvalue weighted by Crippen LogP contribution is 2.25. The van der Waals surface area contributed by atoms with Crippen molar-refractivity contribution < 1.29 is 9.50 Å². The van der Waals surface area contributed by atoms with Gasteiger partial charge in [-0.25, -0.2) is 9.37 Å². The number of aliphatic hydroxyl groups is 1. The predicted molar refractivity (Wildman–Crippen MR) is 57.3 cm³/mol. The fourth-order valence-corrected chi connectivity index (χ4v) is 1.73. The van der Waals surface area contributed by atoms with E-state index in [2.05, 4.69) is 4.98 Å². The second-order valence-electron chi connectivity index (χ2n) is 3.38. The molecule has 2 rings (SSSR count). The first-order chi connectivity index (χ1) is 7.08. The molecule has 0 amide bonds. The molecule has 1 heterocycles. The van der Waals surface area contributed by atoms with Crippen LogP contribution in [0.25, 0.3) is 10.9 Å². The number of benzene rings is 1. The molecule has 0 spiro atoms. The molecule has 0 bridgehead atoms. The first kappa shape index (κ1) is 10.3. The maximum Gasteiger partial charge on any atom is 0.135 e. The van der Waals surface area contributed by atoms with Gasteiger partial charge in [0.2, 0.25) is 0 Å². The molecule has 1 N–H and O–H groups in total. The van der Waals surface area contributed by atoms with Crippen LogP contribution in [-0.2, 0) is 0 Å². The minimum atomic E-state index is -0.681. The third-order valence-electron chi connectivity index (χ3n) is 2.21. The Bertz CT molecular complexity index is 513. The second-order valence-corrected chi connectivity index (χ2v) is 3.74. The van der Waals surface area contributed by atoms with Crippen LogP contribution in [0.5, 0.6) is 0 Å². The highest BCUT2D eigenvalue weighted by Gasteiger charge is 2.09. The largest absolute Gasteiger partial charge is 0.389 e. The molecular formula is C11H9ClFNO. The molecule has 2 nitrogen and oxygen atoms in total. The summed E-state index contributed by atoms with van der Waals surface area (Å²) in [6, 6.07) is 5.99. The van der Waals surface area contributed by atoms with Crippen molar-refractivity contribution in [2.75, 3.05) is 0 Å². The number of hydrogen-bond acceptors (Lipinski definition) is 2. The van der Waals surface area contributed by atoms with Gasteiger partial charge in [-0.2, -0.15) is 0 Å². The van der Waals surface area contributed by atoms with Crippen LogP contribution < -0.4 is 0 Å². The average Bonchev–Trinajstić information content (AvgIpc) is 2.15. The highest BCUT2D eigenvalue weighted by molar-refractivity contribution is 6.30. The first-order valence-corrected chi connectivity index (χ1v) is 4.89. The smallest absolute Gasteiger partial charge is 0.135 e. The number of rotatable bonds is 1. The predicted octanol–water partition coefficient (Wildman–Crippen LogP) is 3.08. The molecule has 78 valence electrons. The minimum Gasteiger partial charge on any atom is -0.389 e. The zero-order valence-electron chi connectivity index (χ0n) is 8.04. The lowest BCUT2D eigenvalue weighted by Crippen LogP contribution is -1.95. The van der Waals surface area contributed by atoms with Crippen molar-refractivity contribution in [3.8, 4) is 0 Å². The highest BCUT2D eigenvalue weighted by atomic mass is 35.5. The van der Waals surface area contributed by atoms with E-state index in [9.17, 15) is 9.50 Å². The van der Waals surface area contributed by atoms with Crippen LogP contribution in [0.2, 0.25) is 5.15 Å². The summed E-state index contributed by atoms with van der Waals surface area (Å²) < 4.78 is 12.9. The number of aliphatic hydroxyl groups excluding tert-OH is 1. The third kappa shape index (κ3) is 1.94. The maximum absolute atomic E-state index is 12.9. The van der Waals surface area contributed by atoms with E-state index in [0.29, 0.717) is 11.1 Å². The lowest BCUT2D eigenvalue weighted by molar-refractivity contribution is 0.199. The molecule has 15 heavy (non-hydrogen) atoms. The van der Waals surface area contributed by atoms with Gasteiger partial charge in [0.05, 0.1) is 11.6 Å². The fraction of sp³-hybridized carbons (Fsp3) is 0.182. The quantitative estimate of drug-likeness (QED) is 0.757. The molecule has 0 aliphatic carbocycles. The lowest BCUT2D eigenvalue weighted by Gasteiger charge is -2.08. The molecular weight excluding hydrogens is 217 g/mol. The number of nitrogens with zero attached hydrogens (tertiary/aromatic N) is 1. The number of hydrogen-bond donors (Lipinski definition) is 1. The molecule has 1 atom stereocenters. The van der Waals surface area contributed by atoms with Gasteiger partial charge in [-0.1, -0.05) is 11.6 Å². The molecule has 0 saturated carbocycles. The Balaban J connectivity index is 2.71. The van der Waals surface area contributed by atoms with Gasteiger partial charge >= 0.3 is 0 Å². The number of halogens is 2. The van der Waals surface area contributed by atoms with Crippen LogP contribution in [0.3, 0.4) is 0 Å². The zero-order chi connectivity index (χ0) is 11.0. The van der Waals surface area contributed by atoms with Crippen molar-refractivity contribution in [1.29, 1.82) is 0 Å². The van der Waals surface area contributed by atoms with Crippen LogP contribution in [0.15, 0.2) is 24.3 Å². The van der Waals surface area contributed by atoms with Gasteiger partial charge in [-0.05, 0) is 25.1 Å². The SMILES string of the molecule is C[C@H](O)c1cc2ccc(F)cc2nc1Cl. The van der Waals surface area contributed by atoms with Crippen LogP contribution in [-0.4, -0.2) is 10.1 Å². The van der Waals surface area contributed by atoms with Gasteiger partial charge in [-0.15, -0.1) is 0 Å². The third-order valence-corrected chi connectivity index (χ3v) is 2.51. The van der Waals surface area contributed by atoms with E-state index in [1.807, 2.05) is 0 Å². The summed E-state index contributed by atoms with van der Waals surface area (Å²) in [6.07, 6.45) is -0.681. The van der Waals surface area contributed by atoms with E-state index < -0.39 is 6.10 Å². The molecule has 0 unspecified atom stereocenters. The van der Waals surface area contributed by atoms with E-state index >= 15 is 0 Å². The first-order valence-electron chi connectivity index (χ1n) is 4.51. The molecule has 0 saturated heterocycles. The van der Waals surface area contributed by atoms with Gasteiger partial charge in [-0.3, -0.25) is 0 Å². The normalized spacial score (nSPS) is 13.1. The van der Waals surface area contributed by atoms with Gasteiger partial charge in [0, 0.05) is 17.0 Å². The molecule has 2 aromatic rings. The van der Waals surface area contributed by atoms with Crippen molar-refractivity contribution in [3.05, 3.63) is 40.8 Å². The lowest BCUT2D eigenvalue weighted by atomic mass is 10.1. The molecule has 0 radical (unpaired) electrons. The van der Waals surface area contributed by atoms with Crippen LogP contribution in [0.1, 0.15) is 18.6 Å². The Morgan fingerprint density at radius 3 is 2.80 bits per heavy atom. The van der Waals surface area contributed by atoms with Crippen molar-refractivity contribution in [1.82, 2.24) is 4.98 Å². The minimum absolute atomic E-state index is 0.211. The molecule has 1 aromatic heterocycles. The number of pyridine rings is 1. The second kappa shape index (κ2) is 3.76. The summed E-state index contributed by atoms with van der Waals surface area (Å²) in [4.78, 5) is 4.02. The summed E-state index contributed by atoms with van der Waals surface area (Å²) in [5.74, 6) is -0.351. The van der Waals surface area contributed by atoms with E-state index in [1.165, 1.54) is 12.1 Å². The Labute approximate surface area is 91.3 Å². The van der Waals surface area contributed by atoms with Crippen molar-refractivity contribution in [2.24, 2.45) is 0 Å². The maximum atomic E-state index is 12.9. The standard InChI is InChI=1S/C11H9ClFNO/c1-6(15)9-4-7-2-3-8(13)5-10(7)14-11(9)12/h2-6,15H,1H3/t6-/m0/s1. The molecule has 0 fully saturated rings. The number of fused-ring (bicyclic) bond motifs is 1. The Kier molecular flexibility index (Phi) is 2.59. The van der Waals surface area contributed by atoms with Gasteiger partial charge in [0.15, 0.2) is 0 Å². The average molecular weight is 226 g/mol. The molecule has 1 aromatic carbocycles. The van der Waals surface area contributed by atoms with E-state index in [0.717, 1.165) is 5.39 Å². The van der Waals surface area contributed by atoms with E-state index in [1.54, 1.807) is 19.1 Å². The topological polar surface area (TPSA) is 33.1 Å². The van der Waals surface area contributed by atoms with Crippen LogP contribution >= 0.6 is 11.6 Å². The van der Waals surface area contributed by atoms with Gasteiger partial charge < -0.3 is 5.11 Å². The Morgan fingerprint density at radius 1 is 1.40 bits per heavy atom. The van der Waals surface area contributed by atoms with Crippen molar-refractivity contribution >= 4 is 22.5 Å². The van der Waals surface area contributed by atoms with Crippen molar-refractivity contribution in [2.45, 2.75) is 13.0 Å². The Hall–Kier alpha value is -1.19. The molecule has 0 aliphatic heterocycles. The van der Waals surface area contributed by atoms with Crippen LogP contribution in [0, 0.1) is 5.82 Å². The zero-order valence-corrected chi connectivity index (χ0v) is 8.79. The molecule has 4 heteroatoms. The summed E-state index contributed by atoms with van der Waals surface area (Å²) in [5, 5.41) is 10.4. The molecule has 0 aliphatic rings. The summed E-state index contributed by atoms with van der Waals surface area (Å²) in [7, 11) is 0. The van der Waals surface area contributed by atoms with Crippen molar-refractivity contribution in [3.63, 3.8) is 0 Å². The van der Waals surface area contributed by atoms with E-state index in [-0.39, 0.29) is 11.0 Å². The Morgan fingerprint density at radius 2 is 2.13 bits per heavy atom. The monoisotopic (exact) mass is 225 g/mol. The van der Waals surface area contributed by atoms with E-state index in [4.69, 9.17) is 11.6 Å². The summed E-state index contributed by atoms with van der Waals surface area (Å²) >= 11 is 5.86. The number of aromatic nitrogens is 1. The van der Waals surface area contributed by atoms with Gasteiger partial charge in [0.25, 0.3) is 0 Å². The van der Waals surface area contributed by atoms with Gasteiger partial charge in [0.1, 0.15) is 11.0 Å². The fourth-order valence-electron chi connectivity index (χ4n) is 1.43. The summed E-state index contributed by atoms with van der Waals surface area (Å²) in [5.41, 5.74) is 1.04.